The fraction of sp³-hybridized carbons (Fsp3) is 0.357. The molecule has 6 nitrogen and oxygen atoms in total. The molecule has 2 aromatic rings. The van der Waals surface area contributed by atoms with E-state index < -0.39 is 10.0 Å². The number of aryl methyl sites for hydroxylation is 2. The molecule has 0 saturated carbocycles. The molecule has 0 spiro atoms. The summed E-state index contributed by atoms with van der Waals surface area (Å²) in [5.41, 5.74) is 3.16. The molecule has 3 N–H and O–H groups in total. The lowest BCUT2D eigenvalue weighted by Crippen LogP contribution is -2.19. The number of H-pyrrole nitrogens is 1. The van der Waals surface area contributed by atoms with Crippen molar-refractivity contribution in [2.45, 2.75) is 32.3 Å². The number of aromatic nitrogens is 2. The molecular formula is C14H20N4O2S. The van der Waals surface area contributed by atoms with Gasteiger partial charge in [-0.1, -0.05) is 24.6 Å². The topological polar surface area (TPSA) is 86.9 Å². The van der Waals surface area contributed by atoms with Gasteiger partial charge < -0.3 is 5.32 Å². The van der Waals surface area contributed by atoms with Crippen molar-refractivity contribution in [2.75, 3.05) is 11.3 Å². The Kier molecular flexibility index (Phi) is 4.64. The summed E-state index contributed by atoms with van der Waals surface area (Å²) in [6, 6.07) is 5.57. The minimum Gasteiger partial charge on any atom is -0.313 e. The fourth-order valence-electron chi connectivity index (χ4n) is 2.04. The Morgan fingerprint density at radius 2 is 2.05 bits per heavy atom. The molecular weight excluding hydrogens is 288 g/mol. The van der Waals surface area contributed by atoms with Crippen LogP contribution >= 0.6 is 0 Å². The number of sulfonamides is 1. The Hall–Kier alpha value is -1.86. The predicted octanol–water partition coefficient (Wildman–Crippen LogP) is 1.94. The summed E-state index contributed by atoms with van der Waals surface area (Å²) >= 11 is 0. The monoisotopic (exact) mass is 308 g/mol. The van der Waals surface area contributed by atoms with Crippen molar-refractivity contribution in [1.82, 2.24) is 15.5 Å². The molecule has 0 aliphatic heterocycles. The second-order valence-electron chi connectivity index (χ2n) is 4.93. The lowest BCUT2D eigenvalue weighted by atomic mass is 10.1. The van der Waals surface area contributed by atoms with E-state index in [4.69, 9.17) is 0 Å². The molecule has 0 aliphatic rings. The highest BCUT2D eigenvalue weighted by atomic mass is 32.2. The van der Waals surface area contributed by atoms with E-state index in [1.807, 2.05) is 32.9 Å². The molecule has 1 aromatic heterocycles. The number of anilines is 1. The van der Waals surface area contributed by atoms with Gasteiger partial charge in [0.05, 0.1) is 11.9 Å². The van der Waals surface area contributed by atoms with Gasteiger partial charge in [-0.2, -0.15) is 13.5 Å². The van der Waals surface area contributed by atoms with Crippen molar-refractivity contribution in [3.63, 3.8) is 0 Å². The average molecular weight is 308 g/mol. The number of aromatic amines is 1. The van der Waals surface area contributed by atoms with Gasteiger partial charge in [0.15, 0.2) is 5.03 Å². The van der Waals surface area contributed by atoms with E-state index >= 15 is 0 Å². The molecule has 0 amide bonds. The van der Waals surface area contributed by atoms with Crippen LogP contribution in [0.2, 0.25) is 0 Å². The van der Waals surface area contributed by atoms with E-state index in [9.17, 15) is 8.42 Å². The van der Waals surface area contributed by atoms with Gasteiger partial charge >= 0.3 is 0 Å². The molecule has 0 saturated heterocycles. The van der Waals surface area contributed by atoms with E-state index in [2.05, 4.69) is 20.2 Å². The minimum atomic E-state index is -3.67. The third kappa shape index (κ3) is 3.62. The Labute approximate surface area is 125 Å². The second kappa shape index (κ2) is 6.28. The van der Waals surface area contributed by atoms with Gasteiger partial charge in [0, 0.05) is 12.1 Å². The Balaban J connectivity index is 2.28. The van der Waals surface area contributed by atoms with Crippen molar-refractivity contribution < 1.29 is 8.42 Å². The minimum absolute atomic E-state index is 0.100. The lowest BCUT2D eigenvalue weighted by Gasteiger charge is -2.11. The molecule has 1 aromatic carbocycles. The van der Waals surface area contributed by atoms with Crippen LogP contribution in [-0.2, 0) is 16.6 Å². The Morgan fingerprint density at radius 1 is 1.29 bits per heavy atom. The fourth-order valence-corrected chi connectivity index (χ4v) is 3.30. The zero-order chi connectivity index (χ0) is 15.5. The first-order chi connectivity index (χ1) is 9.94. The van der Waals surface area contributed by atoms with Crippen molar-refractivity contribution >= 4 is 15.7 Å². The maximum absolute atomic E-state index is 12.5. The predicted molar refractivity (Wildman–Crippen MR) is 82.7 cm³/mol. The Morgan fingerprint density at radius 3 is 2.71 bits per heavy atom. The summed E-state index contributed by atoms with van der Waals surface area (Å²) < 4.78 is 27.6. The van der Waals surface area contributed by atoms with Crippen LogP contribution in [0.5, 0.6) is 0 Å². The van der Waals surface area contributed by atoms with Crippen LogP contribution in [0.4, 0.5) is 5.69 Å². The van der Waals surface area contributed by atoms with Crippen LogP contribution in [-0.4, -0.2) is 25.2 Å². The van der Waals surface area contributed by atoms with E-state index in [0.29, 0.717) is 17.8 Å². The number of hydrogen-bond acceptors (Lipinski definition) is 4. The zero-order valence-electron chi connectivity index (χ0n) is 12.4. The molecule has 0 radical (unpaired) electrons. The second-order valence-corrected chi connectivity index (χ2v) is 6.55. The van der Waals surface area contributed by atoms with Crippen molar-refractivity contribution in [3.8, 4) is 0 Å². The van der Waals surface area contributed by atoms with Gasteiger partial charge in [-0.05, 0) is 32.0 Å². The molecule has 21 heavy (non-hydrogen) atoms. The number of rotatable bonds is 6. The molecule has 0 fully saturated rings. The zero-order valence-corrected chi connectivity index (χ0v) is 13.2. The van der Waals surface area contributed by atoms with Crippen LogP contribution in [0.3, 0.4) is 0 Å². The summed E-state index contributed by atoms with van der Waals surface area (Å²) in [7, 11) is -3.67. The van der Waals surface area contributed by atoms with E-state index in [-0.39, 0.29) is 5.03 Å². The molecule has 0 atom stereocenters. The molecule has 1 heterocycles. The van der Waals surface area contributed by atoms with Gasteiger partial charge in [-0.15, -0.1) is 0 Å². The summed E-state index contributed by atoms with van der Waals surface area (Å²) in [4.78, 5) is 0. The van der Waals surface area contributed by atoms with Crippen LogP contribution < -0.4 is 10.0 Å². The van der Waals surface area contributed by atoms with Gasteiger partial charge in [0.1, 0.15) is 0 Å². The third-order valence-electron chi connectivity index (χ3n) is 3.14. The summed E-state index contributed by atoms with van der Waals surface area (Å²) in [6.07, 6.45) is 1.53. The standard InChI is InChI=1S/C14H20N4O2S/c1-4-15-8-12-9-16-17-14(12)21(19,20)18-13-6-5-10(2)7-11(13)3/h5-7,9,15,18H,4,8H2,1-3H3,(H,16,17). The molecule has 0 bridgehead atoms. The normalized spacial score (nSPS) is 11.6. The smallest absolute Gasteiger partial charge is 0.279 e. The van der Waals surface area contributed by atoms with Crippen molar-refractivity contribution in [1.29, 1.82) is 0 Å². The van der Waals surface area contributed by atoms with Crippen LogP contribution in [0, 0.1) is 13.8 Å². The van der Waals surface area contributed by atoms with Crippen molar-refractivity contribution in [3.05, 3.63) is 41.1 Å². The van der Waals surface area contributed by atoms with E-state index in [1.165, 1.54) is 6.20 Å². The van der Waals surface area contributed by atoms with Gasteiger partial charge in [-0.3, -0.25) is 9.82 Å². The first-order valence-electron chi connectivity index (χ1n) is 6.77. The summed E-state index contributed by atoms with van der Waals surface area (Å²) in [5, 5.41) is 9.59. The van der Waals surface area contributed by atoms with E-state index in [0.717, 1.165) is 17.7 Å². The molecule has 2 rings (SSSR count). The Bertz CT molecular complexity index is 722. The highest BCUT2D eigenvalue weighted by Gasteiger charge is 2.21. The number of nitrogens with zero attached hydrogens (tertiary/aromatic N) is 1. The highest BCUT2D eigenvalue weighted by Crippen LogP contribution is 2.21. The maximum atomic E-state index is 12.5. The van der Waals surface area contributed by atoms with Crippen molar-refractivity contribution in [2.24, 2.45) is 0 Å². The van der Waals surface area contributed by atoms with Gasteiger partial charge in [-0.25, -0.2) is 0 Å². The molecule has 114 valence electrons. The lowest BCUT2D eigenvalue weighted by molar-refractivity contribution is 0.594. The third-order valence-corrected chi connectivity index (χ3v) is 4.52. The first kappa shape index (κ1) is 15.5. The molecule has 7 heteroatoms. The average Bonchev–Trinajstić information content (AvgIpc) is 2.89. The van der Waals surface area contributed by atoms with Gasteiger partial charge in [0.2, 0.25) is 0 Å². The molecule has 0 aliphatic carbocycles. The van der Waals surface area contributed by atoms with Crippen LogP contribution in [0.1, 0.15) is 23.6 Å². The number of nitrogens with one attached hydrogen (secondary N) is 3. The largest absolute Gasteiger partial charge is 0.313 e. The highest BCUT2D eigenvalue weighted by molar-refractivity contribution is 7.92. The number of benzene rings is 1. The maximum Gasteiger partial charge on any atom is 0.279 e. The summed E-state index contributed by atoms with van der Waals surface area (Å²) in [6.45, 7) is 7.01. The number of hydrogen-bond donors (Lipinski definition) is 3. The van der Waals surface area contributed by atoms with E-state index in [1.54, 1.807) is 6.07 Å². The first-order valence-corrected chi connectivity index (χ1v) is 8.25. The quantitative estimate of drug-likeness (QED) is 0.761. The van der Waals surface area contributed by atoms with Crippen LogP contribution in [0.25, 0.3) is 0 Å². The molecule has 0 unspecified atom stereocenters. The SMILES string of the molecule is CCNCc1cn[nH]c1S(=O)(=O)Nc1ccc(C)cc1C. The van der Waals surface area contributed by atoms with Gasteiger partial charge in [0.25, 0.3) is 10.0 Å². The summed E-state index contributed by atoms with van der Waals surface area (Å²) in [5.74, 6) is 0. The van der Waals surface area contributed by atoms with Crippen LogP contribution in [0.15, 0.2) is 29.4 Å².